The fourth-order valence-corrected chi connectivity index (χ4v) is 4.92. The smallest absolute Gasteiger partial charge is 0.246 e. The van der Waals surface area contributed by atoms with Gasteiger partial charge in [-0.25, -0.2) is 8.42 Å². The van der Waals surface area contributed by atoms with Gasteiger partial charge in [0.1, 0.15) is 4.90 Å². The third-order valence-corrected chi connectivity index (χ3v) is 6.83. The van der Waals surface area contributed by atoms with Gasteiger partial charge in [0.15, 0.2) is 0 Å². The van der Waals surface area contributed by atoms with Gasteiger partial charge in [0.05, 0.1) is 35.6 Å². The average Bonchev–Trinajstić information content (AvgIpc) is 3.25. The summed E-state index contributed by atoms with van der Waals surface area (Å²) in [7, 11) is -1.98. The number of aryl methyl sites for hydroxylation is 2. The standard InChI is InChI=1S/C16H23ClN6O3S/c1-3-23-15(14(17)8-20-23)9-18-16(24)12-5-4-6-22(10-12)27(25,26)13-7-19-21(2)11-13/h7-8,11-12H,3-6,9-10H2,1-2H3,(H,18,24)/t12-/m1/s1. The molecule has 0 spiro atoms. The Morgan fingerprint density at radius 1 is 1.37 bits per heavy atom. The van der Waals surface area contributed by atoms with Crippen LogP contribution in [0.25, 0.3) is 0 Å². The molecule has 148 valence electrons. The second kappa shape index (κ2) is 7.99. The predicted octanol–water partition coefficient (Wildman–Crippen LogP) is 1.01. The van der Waals surface area contributed by atoms with Crippen LogP contribution in [0.15, 0.2) is 23.5 Å². The highest BCUT2D eigenvalue weighted by Crippen LogP contribution is 2.24. The molecule has 1 amide bonds. The van der Waals surface area contributed by atoms with Crippen LogP contribution in [0.2, 0.25) is 5.02 Å². The number of amides is 1. The number of halogens is 1. The summed E-state index contributed by atoms with van der Waals surface area (Å²) in [6.45, 7) is 3.41. The third kappa shape index (κ3) is 4.17. The van der Waals surface area contributed by atoms with E-state index in [4.69, 9.17) is 11.6 Å². The molecule has 2 aromatic heterocycles. The van der Waals surface area contributed by atoms with Gasteiger partial charge in [-0.15, -0.1) is 0 Å². The van der Waals surface area contributed by atoms with Gasteiger partial charge in [0.25, 0.3) is 0 Å². The SMILES string of the molecule is CCn1ncc(Cl)c1CNC(=O)[C@@H]1CCCN(S(=O)(=O)c2cnn(C)c2)C1. The van der Waals surface area contributed by atoms with E-state index in [1.165, 1.54) is 21.4 Å². The van der Waals surface area contributed by atoms with E-state index < -0.39 is 15.9 Å². The Kier molecular flexibility index (Phi) is 5.87. The van der Waals surface area contributed by atoms with Crippen LogP contribution in [-0.4, -0.2) is 51.3 Å². The minimum Gasteiger partial charge on any atom is -0.350 e. The molecule has 0 unspecified atom stereocenters. The van der Waals surface area contributed by atoms with Crippen LogP contribution < -0.4 is 5.32 Å². The first-order valence-corrected chi connectivity index (χ1v) is 10.6. The molecule has 0 aliphatic carbocycles. The first-order chi connectivity index (χ1) is 12.8. The predicted molar refractivity (Wildman–Crippen MR) is 99.4 cm³/mol. The van der Waals surface area contributed by atoms with Crippen molar-refractivity contribution in [3.8, 4) is 0 Å². The zero-order valence-electron chi connectivity index (χ0n) is 15.3. The summed E-state index contributed by atoms with van der Waals surface area (Å²) in [5.41, 5.74) is 0.739. The highest BCUT2D eigenvalue weighted by Gasteiger charge is 2.34. The van der Waals surface area contributed by atoms with Gasteiger partial charge in [-0.05, 0) is 19.8 Å². The molecule has 0 bridgehead atoms. The van der Waals surface area contributed by atoms with Crippen LogP contribution >= 0.6 is 11.6 Å². The van der Waals surface area contributed by atoms with Crippen LogP contribution in [0.3, 0.4) is 0 Å². The van der Waals surface area contributed by atoms with E-state index >= 15 is 0 Å². The van der Waals surface area contributed by atoms with Crippen LogP contribution in [0.1, 0.15) is 25.5 Å². The molecular formula is C16H23ClN6O3S. The average molecular weight is 415 g/mol. The molecule has 1 fully saturated rings. The molecule has 1 aliphatic heterocycles. The lowest BCUT2D eigenvalue weighted by Crippen LogP contribution is -2.45. The maximum atomic E-state index is 12.8. The van der Waals surface area contributed by atoms with E-state index in [1.54, 1.807) is 17.9 Å². The van der Waals surface area contributed by atoms with Crippen molar-refractivity contribution in [2.45, 2.75) is 37.8 Å². The van der Waals surface area contributed by atoms with Crippen molar-refractivity contribution in [1.82, 2.24) is 29.2 Å². The molecule has 1 saturated heterocycles. The Bertz CT molecular complexity index is 922. The van der Waals surface area contributed by atoms with Gasteiger partial charge in [-0.3, -0.25) is 14.2 Å². The van der Waals surface area contributed by atoms with Crippen molar-refractivity contribution in [3.63, 3.8) is 0 Å². The number of carbonyl (C=O) groups is 1. The zero-order valence-corrected chi connectivity index (χ0v) is 16.9. The van der Waals surface area contributed by atoms with Crippen molar-refractivity contribution < 1.29 is 13.2 Å². The number of carbonyl (C=O) groups excluding carboxylic acids is 1. The topological polar surface area (TPSA) is 102 Å². The number of piperidine rings is 1. The molecule has 3 heterocycles. The number of hydrogen-bond donors (Lipinski definition) is 1. The molecule has 9 nitrogen and oxygen atoms in total. The van der Waals surface area contributed by atoms with E-state index in [-0.39, 0.29) is 23.9 Å². The van der Waals surface area contributed by atoms with Gasteiger partial charge < -0.3 is 5.32 Å². The summed E-state index contributed by atoms with van der Waals surface area (Å²) in [6.07, 6.45) is 5.62. The van der Waals surface area contributed by atoms with Crippen molar-refractivity contribution in [2.75, 3.05) is 13.1 Å². The van der Waals surface area contributed by atoms with E-state index in [9.17, 15) is 13.2 Å². The minimum absolute atomic E-state index is 0.143. The quantitative estimate of drug-likeness (QED) is 0.759. The van der Waals surface area contributed by atoms with Crippen molar-refractivity contribution in [1.29, 1.82) is 0 Å². The van der Waals surface area contributed by atoms with Crippen molar-refractivity contribution in [3.05, 3.63) is 29.3 Å². The van der Waals surface area contributed by atoms with Crippen LogP contribution in [0.5, 0.6) is 0 Å². The summed E-state index contributed by atoms with van der Waals surface area (Å²) >= 11 is 6.12. The normalized spacial score (nSPS) is 18.6. The number of rotatable bonds is 6. The van der Waals surface area contributed by atoms with Crippen LogP contribution in [0.4, 0.5) is 0 Å². The molecule has 0 aromatic carbocycles. The van der Waals surface area contributed by atoms with Gasteiger partial charge in [0.2, 0.25) is 15.9 Å². The lowest BCUT2D eigenvalue weighted by molar-refractivity contribution is -0.126. The summed E-state index contributed by atoms with van der Waals surface area (Å²) in [6, 6.07) is 0. The minimum atomic E-state index is -3.65. The third-order valence-electron chi connectivity index (χ3n) is 4.70. The Balaban J connectivity index is 1.65. The highest BCUT2D eigenvalue weighted by atomic mass is 35.5. The summed E-state index contributed by atoms with van der Waals surface area (Å²) in [4.78, 5) is 12.7. The summed E-state index contributed by atoms with van der Waals surface area (Å²) < 4.78 is 30.0. The van der Waals surface area contributed by atoms with Crippen LogP contribution in [-0.2, 0) is 35.0 Å². The Hall–Kier alpha value is -1.91. The fourth-order valence-electron chi connectivity index (χ4n) is 3.21. The molecule has 1 aliphatic rings. The first-order valence-electron chi connectivity index (χ1n) is 8.79. The molecule has 0 radical (unpaired) electrons. The lowest BCUT2D eigenvalue weighted by Gasteiger charge is -2.30. The number of hydrogen-bond acceptors (Lipinski definition) is 5. The molecule has 1 N–H and O–H groups in total. The molecule has 1 atom stereocenters. The zero-order chi connectivity index (χ0) is 19.6. The molecule has 2 aromatic rings. The van der Waals surface area contributed by atoms with Crippen molar-refractivity contribution >= 4 is 27.5 Å². The largest absolute Gasteiger partial charge is 0.350 e. The van der Waals surface area contributed by atoms with Gasteiger partial charge in [-0.1, -0.05) is 11.6 Å². The molecule has 0 saturated carbocycles. The number of nitrogens with one attached hydrogen (secondary N) is 1. The second-order valence-electron chi connectivity index (χ2n) is 6.52. The highest BCUT2D eigenvalue weighted by molar-refractivity contribution is 7.89. The van der Waals surface area contributed by atoms with E-state index in [0.29, 0.717) is 31.0 Å². The first kappa shape index (κ1) is 19.8. The Morgan fingerprint density at radius 3 is 2.81 bits per heavy atom. The molecule has 27 heavy (non-hydrogen) atoms. The number of aromatic nitrogens is 4. The Morgan fingerprint density at radius 2 is 2.15 bits per heavy atom. The van der Waals surface area contributed by atoms with Gasteiger partial charge in [0, 0.05) is 32.9 Å². The monoisotopic (exact) mass is 414 g/mol. The molecule has 11 heteroatoms. The molecular weight excluding hydrogens is 392 g/mol. The van der Waals surface area contributed by atoms with E-state index in [1.807, 2.05) is 6.92 Å². The van der Waals surface area contributed by atoms with Crippen LogP contribution in [0, 0.1) is 5.92 Å². The van der Waals surface area contributed by atoms with E-state index in [2.05, 4.69) is 15.5 Å². The summed E-state index contributed by atoms with van der Waals surface area (Å²) in [5, 5.41) is 11.4. The Labute approximate surface area is 163 Å². The van der Waals surface area contributed by atoms with Crippen molar-refractivity contribution in [2.24, 2.45) is 13.0 Å². The fraction of sp³-hybridized carbons (Fsp3) is 0.562. The molecule has 3 rings (SSSR count). The second-order valence-corrected chi connectivity index (χ2v) is 8.87. The summed E-state index contributed by atoms with van der Waals surface area (Å²) in [5.74, 6) is -0.581. The van der Waals surface area contributed by atoms with E-state index in [0.717, 1.165) is 5.69 Å². The lowest BCUT2D eigenvalue weighted by atomic mass is 9.99. The maximum absolute atomic E-state index is 12.8. The number of sulfonamides is 1. The maximum Gasteiger partial charge on any atom is 0.246 e. The number of nitrogens with zero attached hydrogens (tertiary/aromatic N) is 5. The van der Waals surface area contributed by atoms with Gasteiger partial charge >= 0.3 is 0 Å². The van der Waals surface area contributed by atoms with Gasteiger partial charge in [-0.2, -0.15) is 14.5 Å².